The van der Waals surface area contributed by atoms with Crippen LogP contribution < -0.4 is 5.32 Å². The van der Waals surface area contributed by atoms with Gasteiger partial charge in [0.1, 0.15) is 0 Å². The van der Waals surface area contributed by atoms with E-state index in [-0.39, 0.29) is 5.91 Å². The Morgan fingerprint density at radius 2 is 1.50 bits per heavy atom. The lowest BCUT2D eigenvalue weighted by molar-refractivity contribution is -0.123. The van der Waals surface area contributed by atoms with Gasteiger partial charge in [0, 0.05) is 5.69 Å². The van der Waals surface area contributed by atoms with E-state index < -0.39 is 12.1 Å². The van der Waals surface area contributed by atoms with Crippen LogP contribution >= 0.6 is 0 Å². The molecule has 0 bridgehead atoms. The average molecular weight is 325 g/mol. The summed E-state index contributed by atoms with van der Waals surface area (Å²) in [5.74, 6) is -0.461. The van der Waals surface area contributed by atoms with Crippen LogP contribution in [0.4, 0.5) is 5.69 Å². The molecule has 4 heteroatoms. The van der Waals surface area contributed by atoms with Gasteiger partial charge in [-0.3, -0.25) is 4.79 Å². The van der Waals surface area contributed by atoms with Crippen molar-refractivity contribution < 1.29 is 14.3 Å². The maximum atomic E-state index is 12.1. The fourth-order valence-corrected chi connectivity index (χ4v) is 2.17. The van der Waals surface area contributed by atoms with Crippen LogP contribution in [-0.4, -0.2) is 18.0 Å². The van der Waals surface area contributed by atoms with Crippen LogP contribution in [0.1, 0.15) is 48.2 Å². The standard InChI is InChI=1S/C20H23NO3/c1-13(2)16-7-9-17(10-8-16)20(23)24-15(4)19(22)21-18-11-5-14(3)6-12-18/h5-13,15H,1-4H3,(H,21,22)/t15-/m1/s1. The largest absolute Gasteiger partial charge is 0.449 e. The molecule has 0 heterocycles. The number of carbonyl (C=O) groups excluding carboxylic acids is 2. The van der Waals surface area contributed by atoms with Gasteiger partial charge in [-0.25, -0.2) is 4.79 Å². The van der Waals surface area contributed by atoms with Crippen LogP contribution in [0.15, 0.2) is 48.5 Å². The van der Waals surface area contributed by atoms with Crippen LogP contribution in [0, 0.1) is 6.92 Å². The van der Waals surface area contributed by atoms with Gasteiger partial charge in [0.2, 0.25) is 0 Å². The van der Waals surface area contributed by atoms with Gasteiger partial charge in [0.15, 0.2) is 6.10 Å². The molecule has 126 valence electrons. The summed E-state index contributed by atoms with van der Waals surface area (Å²) in [6, 6.07) is 14.7. The predicted octanol–water partition coefficient (Wildman–Crippen LogP) is 4.30. The maximum Gasteiger partial charge on any atom is 0.338 e. The monoisotopic (exact) mass is 325 g/mol. The third-order valence-electron chi connectivity index (χ3n) is 3.79. The minimum Gasteiger partial charge on any atom is -0.449 e. The fraction of sp³-hybridized carbons (Fsp3) is 0.300. The van der Waals surface area contributed by atoms with Crippen LogP contribution in [0.3, 0.4) is 0 Å². The Kier molecular flexibility index (Phi) is 5.74. The first-order valence-corrected chi connectivity index (χ1v) is 8.05. The first-order chi connectivity index (χ1) is 11.4. The molecule has 2 rings (SSSR count). The summed E-state index contributed by atoms with van der Waals surface area (Å²) in [7, 11) is 0. The number of hydrogen-bond donors (Lipinski definition) is 1. The van der Waals surface area contributed by atoms with Gasteiger partial charge in [0.05, 0.1) is 5.56 Å². The zero-order valence-electron chi connectivity index (χ0n) is 14.5. The van der Waals surface area contributed by atoms with Crippen LogP contribution in [0.5, 0.6) is 0 Å². The second kappa shape index (κ2) is 7.77. The third kappa shape index (κ3) is 4.69. The number of anilines is 1. The van der Waals surface area contributed by atoms with Crippen molar-refractivity contribution in [1.82, 2.24) is 0 Å². The molecule has 24 heavy (non-hydrogen) atoms. The van der Waals surface area contributed by atoms with Crippen molar-refractivity contribution in [1.29, 1.82) is 0 Å². The molecule has 0 aliphatic heterocycles. The molecule has 0 aromatic heterocycles. The van der Waals surface area contributed by atoms with Crippen molar-refractivity contribution in [3.05, 3.63) is 65.2 Å². The average Bonchev–Trinajstić information content (AvgIpc) is 2.56. The SMILES string of the molecule is Cc1ccc(NC(=O)[C@@H](C)OC(=O)c2ccc(C(C)C)cc2)cc1. The molecule has 0 aliphatic rings. The lowest BCUT2D eigenvalue weighted by Crippen LogP contribution is -2.30. The summed E-state index contributed by atoms with van der Waals surface area (Å²) in [6.45, 7) is 7.71. The number of hydrogen-bond acceptors (Lipinski definition) is 3. The molecule has 1 N–H and O–H groups in total. The molecule has 0 radical (unpaired) electrons. The molecular formula is C20H23NO3. The summed E-state index contributed by atoms with van der Waals surface area (Å²) < 4.78 is 5.24. The van der Waals surface area contributed by atoms with Gasteiger partial charge >= 0.3 is 5.97 Å². The van der Waals surface area contributed by atoms with E-state index in [0.29, 0.717) is 17.2 Å². The van der Waals surface area contributed by atoms with Gasteiger partial charge in [-0.15, -0.1) is 0 Å². The Labute approximate surface area is 142 Å². The highest BCUT2D eigenvalue weighted by molar-refractivity contribution is 5.97. The van der Waals surface area contributed by atoms with Crippen LogP contribution in [0.2, 0.25) is 0 Å². The van der Waals surface area contributed by atoms with Crippen molar-refractivity contribution in [2.45, 2.75) is 39.7 Å². The van der Waals surface area contributed by atoms with Crippen molar-refractivity contribution in [3.8, 4) is 0 Å². The number of esters is 1. The minimum atomic E-state index is -0.872. The lowest BCUT2D eigenvalue weighted by atomic mass is 10.0. The fourth-order valence-electron chi connectivity index (χ4n) is 2.17. The maximum absolute atomic E-state index is 12.1. The van der Waals surface area contributed by atoms with Gasteiger partial charge < -0.3 is 10.1 Å². The quantitative estimate of drug-likeness (QED) is 0.834. The smallest absolute Gasteiger partial charge is 0.338 e. The van der Waals surface area contributed by atoms with E-state index >= 15 is 0 Å². The zero-order chi connectivity index (χ0) is 17.7. The molecule has 1 atom stereocenters. The van der Waals surface area contributed by atoms with Crippen LogP contribution in [-0.2, 0) is 9.53 Å². The van der Waals surface area contributed by atoms with E-state index in [0.717, 1.165) is 11.1 Å². The molecule has 0 saturated heterocycles. The number of nitrogens with one attached hydrogen (secondary N) is 1. The summed E-state index contributed by atoms with van der Waals surface area (Å²) in [4.78, 5) is 24.3. The molecule has 0 aliphatic carbocycles. The third-order valence-corrected chi connectivity index (χ3v) is 3.79. The van der Waals surface area contributed by atoms with Gasteiger partial charge in [-0.05, 0) is 49.6 Å². The topological polar surface area (TPSA) is 55.4 Å². The number of amides is 1. The number of carbonyl (C=O) groups is 2. The zero-order valence-corrected chi connectivity index (χ0v) is 14.5. The Balaban J connectivity index is 1.94. The molecule has 0 fully saturated rings. The number of ether oxygens (including phenoxy) is 1. The molecule has 4 nitrogen and oxygen atoms in total. The minimum absolute atomic E-state index is 0.356. The highest BCUT2D eigenvalue weighted by atomic mass is 16.5. The molecule has 2 aromatic rings. The Hall–Kier alpha value is -2.62. The van der Waals surface area contributed by atoms with E-state index in [4.69, 9.17) is 4.74 Å². The normalized spacial score (nSPS) is 11.9. The molecule has 0 unspecified atom stereocenters. The molecule has 0 spiro atoms. The predicted molar refractivity (Wildman–Crippen MR) is 95.2 cm³/mol. The highest BCUT2D eigenvalue weighted by Crippen LogP contribution is 2.16. The first-order valence-electron chi connectivity index (χ1n) is 8.05. The van der Waals surface area contributed by atoms with Crippen molar-refractivity contribution in [2.24, 2.45) is 0 Å². The number of rotatable bonds is 5. The van der Waals surface area contributed by atoms with E-state index in [1.165, 1.54) is 0 Å². The second-order valence-electron chi connectivity index (χ2n) is 6.18. The molecule has 0 saturated carbocycles. The summed E-state index contributed by atoms with van der Waals surface area (Å²) in [5, 5.41) is 2.73. The molecule has 2 aromatic carbocycles. The molecule has 1 amide bonds. The van der Waals surface area contributed by atoms with Crippen molar-refractivity contribution >= 4 is 17.6 Å². The van der Waals surface area contributed by atoms with Crippen LogP contribution in [0.25, 0.3) is 0 Å². The van der Waals surface area contributed by atoms with E-state index in [2.05, 4.69) is 19.2 Å². The number of aryl methyl sites for hydroxylation is 1. The summed E-state index contributed by atoms with van der Waals surface area (Å²) in [5.41, 5.74) is 3.37. The van der Waals surface area contributed by atoms with Gasteiger partial charge in [-0.2, -0.15) is 0 Å². The van der Waals surface area contributed by atoms with Crippen molar-refractivity contribution in [2.75, 3.05) is 5.32 Å². The van der Waals surface area contributed by atoms with E-state index in [1.807, 2.05) is 43.3 Å². The summed E-state index contributed by atoms with van der Waals surface area (Å²) in [6.07, 6.45) is -0.872. The lowest BCUT2D eigenvalue weighted by Gasteiger charge is -2.14. The molecular weight excluding hydrogens is 302 g/mol. The Bertz CT molecular complexity index is 703. The Morgan fingerprint density at radius 1 is 0.917 bits per heavy atom. The Morgan fingerprint density at radius 3 is 2.04 bits per heavy atom. The van der Waals surface area contributed by atoms with Gasteiger partial charge in [-0.1, -0.05) is 43.7 Å². The summed E-state index contributed by atoms with van der Waals surface area (Å²) >= 11 is 0. The van der Waals surface area contributed by atoms with Gasteiger partial charge in [0.25, 0.3) is 5.91 Å². The second-order valence-corrected chi connectivity index (χ2v) is 6.18. The number of benzene rings is 2. The van der Waals surface area contributed by atoms with Crippen molar-refractivity contribution in [3.63, 3.8) is 0 Å². The van der Waals surface area contributed by atoms with E-state index in [1.54, 1.807) is 19.1 Å². The van der Waals surface area contributed by atoms with E-state index in [9.17, 15) is 9.59 Å². The highest BCUT2D eigenvalue weighted by Gasteiger charge is 2.19. The first kappa shape index (κ1) is 17.7.